The van der Waals surface area contributed by atoms with Crippen molar-refractivity contribution in [3.63, 3.8) is 0 Å². The number of alkyl halides is 1. The standard InChI is InChI=1S/C8H16ClO4P/c1-7(2)5-12-14(11,13-6-7)8(3,10)4-9/h10H,4-6H2,1-3H3/t8-/m1/s1. The van der Waals surface area contributed by atoms with Gasteiger partial charge >= 0.3 is 7.60 Å². The van der Waals surface area contributed by atoms with Gasteiger partial charge in [0.2, 0.25) is 0 Å². The summed E-state index contributed by atoms with van der Waals surface area (Å²) < 4.78 is 22.3. The van der Waals surface area contributed by atoms with Crippen molar-refractivity contribution < 1.29 is 18.7 Å². The van der Waals surface area contributed by atoms with Gasteiger partial charge in [0, 0.05) is 5.41 Å². The van der Waals surface area contributed by atoms with E-state index in [0.29, 0.717) is 13.2 Å². The average molecular weight is 243 g/mol. The van der Waals surface area contributed by atoms with Crippen molar-refractivity contribution in [1.82, 2.24) is 0 Å². The molecule has 0 aromatic heterocycles. The molecular weight excluding hydrogens is 227 g/mol. The van der Waals surface area contributed by atoms with E-state index in [1.807, 2.05) is 13.8 Å². The van der Waals surface area contributed by atoms with Crippen molar-refractivity contribution in [2.75, 3.05) is 19.1 Å². The number of rotatable bonds is 2. The molecule has 4 nitrogen and oxygen atoms in total. The van der Waals surface area contributed by atoms with Crippen molar-refractivity contribution >= 4 is 19.2 Å². The van der Waals surface area contributed by atoms with E-state index < -0.39 is 12.9 Å². The maximum Gasteiger partial charge on any atom is 0.362 e. The van der Waals surface area contributed by atoms with E-state index in [1.165, 1.54) is 6.92 Å². The Bertz CT molecular complexity index is 250. The molecule has 0 aliphatic carbocycles. The van der Waals surface area contributed by atoms with Gasteiger partial charge < -0.3 is 14.2 Å². The highest BCUT2D eigenvalue weighted by molar-refractivity contribution is 7.55. The largest absolute Gasteiger partial charge is 0.377 e. The third kappa shape index (κ3) is 2.31. The molecule has 1 N–H and O–H groups in total. The summed E-state index contributed by atoms with van der Waals surface area (Å²) in [7, 11) is -3.47. The molecule has 84 valence electrons. The molecule has 1 heterocycles. The Morgan fingerprint density at radius 1 is 1.50 bits per heavy atom. The van der Waals surface area contributed by atoms with Crippen LogP contribution in [-0.2, 0) is 13.6 Å². The van der Waals surface area contributed by atoms with Crippen LogP contribution in [0.3, 0.4) is 0 Å². The van der Waals surface area contributed by atoms with Crippen LogP contribution in [0.15, 0.2) is 0 Å². The fourth-order valence-electron chi connectivity index (χ4n) is 0.950. The molecule has 1 rings (SSSR count). The molecule has 1 saturated heterocycles. The highest BCUT2D eigenvalue weighted by atomic mass is 35.5. The molecule has 0 bridgehead atoms. The third-order valence-electron chi connectivity index (χ3n) is 2.09. The van der Waals surface area contributed by atoms with Crippen LogP contribution in [0, 0.1) is 5.41 Å². The summed E-state index contributed by atoms with van der Waals surface area (Å²) in [5.41, 5.74) is -0.170. The molecule has 1 atom stereocenters. The van der Waals surface area contributed by atoms with E-state index in [4.69, 9.17) is 20.6 Å². The van der Waals surface area contributed by atoms with Gasteiger partial charge in [-0.1, -0.05) is 13.8 Å². The molecule has 1 aliphatic rings. The van der Waals surface area contributed by atoms with E-state index in [1.54, 1.807) is 0 Å². The average Bonchev–Trinajstić information content (AvgIpc) is 2.10. The van der Waals surface area contributed by atoms with Crippen molar-refractivity contribution in [1.29, 1.82) is 0 Å². The number of halogens is 1. The van der Waals surface area contributed by atoms with Crippen LogP contribution in [0.1, 0.15) is 20.8 Å². The molecule has 0 aromatic rings. The molecule has 6 heteroatoms. The van der Waals surface area contributed by atoms with Crippen LogP contribution < -0.4 is 0 Å². The third-order valence-corrected chi connectivity index (χ3v) is 5.08. The summed E-state index contributed by atoms with van der Waals surface area (Å²) in [6.07, 6.45) is 0. The Morgan fingerprint density at radius 3 is 2.29 bits per heavy atom. The Kier molecular flexibility index (Phi) is 3.35. The van der Waals surface area contributed by atoms with Gasteiger partial charge in [-0.25, -0.2) is 0 Å². The predicted octanol–water partition coefficient (Wildman–Crippen LogP) is 2.20. The number of aliphatic hydroxyl groups is 1. The Balaban J connectivity index is 2.77. The van der Waals surface area contributed by atoms with Crippen LogP contribution in [-0.4, -0.2) is 29.5 Å². The summed E-state index contributed by atoms with van der Waals surface area (Å²) in [5, 5.41) is 8.13. The van der Waals surface area contributed by atoms with Crippen molar-refractivity contribution in [3.8, 4) is 0 Å². The summed E-state index contributed by atoms with van der Waals surface area (Å²) in [4.78, 5) is 0. The van der Waals surface area contributed by atoms with E-state index in [9.17, 15) is 9.67 Å². The van der Waals surface area contributed by atoms with Gasteiger partial charge in [0.25, 0.3) is 0 Å². The summed E-state index contributed by atoms with van der Waals surface area (Å²) in [6, 6.07) is 0. The molecule has 14 heavy (non-hydrogen) atoms. The molecule has 1 fully saturated rings. The first-order valence-corrected chi connectivity index (χ1v) is 6.48. The zero-order valence-corrected chi connectivity index (χ0v) is 10.3. The second-order valence-corrected chi connectivity index (χ2v) is 7.30. The normalized spacial score (nSPS) is 29.5. The molecule has 0 aromatic carbocycles. The van der Waals surface area contributed by atoms with Gasteiger partial charge in [-0.05, 0) is 6.92 Å². The lowest BCUT2D eigenvalue weighted by Gasteiger charge is -2.39. The quantitative estimate of drug-likeness (QED) is 0.596. The molecule has 0 radical (unpaired) electrons. The first-order chi connectivity index (χ1) is 6.22. The van der Waals surface area contributed by atoms with E-state index in [2.05, 4.69) is 0 Å². The van der Waals surface area contributed by atoms with Gasteiger partial charge in [0.05, 0.1) is 19.1 Å². The van der Waals surface area contributed by atoms with Crippen LogP contribution in [0.5, 0.6) is 0 Å². The monoisotopic (exact) mass is 242 g/mol. The summed E-state index contributed by atoms with van der Waals surface area (Å²) in [6.45, 7) is 5.84. The zero-order chi connectivity index (χ0) is 11.0. The van der Waals surface area contributed by atoms with Gasteiger partial charge in [-0.3, -0.25) is 4.57 Å². The number of hydrogen-bond acceptors (Lipinski definition) is 4. The second-order valence-electron chi connectivity index (χ2n) is 4.56. The maximum absolute atomic E-state index is 12.0. The van der Waals surface area contributed by atoms with Gasteiger partial charge in [0.15, 0.2) is 5.34 Å². The van der Waals surface area contributed by atoms with E-state index in [0.717, 1.165) is 0 Å². The highest BCUT2D eigenvalue weighted by Crippen LogP contribution is 2.62. The molecule has 0 amide bonds. The smallest absolute Gasteiger partial charge is 0.362 e. The predicted molar refractivity (Wildman–Crippen MR) is 54.6 cm³/mol. The van der Waals surface area contributed by atoms with Crippen molar-refractivity contribution in [2.45, 2.75) is 26.1 Å². The highest BCUT2D eigenvalue weighted by Gasteiger charge is 2.49. The Hall–Kier alpha value is 0.400. The lowest BCUT2D eigenvalue weighted by molar-refractivity contribution is 0.00742. The minimum Gasteiger partial charge on any atom is -0.377 e. The van der Waals surface area contributed by atoms with E-state index in [-0.39, 0.29) is 11.3 Å². The lowest BCUT2D eigenvalue weighted by atomic mass is 9.97. The maximum atomic E-state index is 12.0. The van der Waals surface area contributed by atoms with Gasteiger partial charge in [-0.15, -0.1) is 11.6 Å². The number of hydrogen-bond donors (Lipinski definition) is 1. The lowest BCUT2D eigenvalue weighted by Crippen LogP contribution is -2.37. The molecule has 0 spiro atoms. The fourth-order valence-corrected chi connectivity index (χ4v) is 3.20. The second kappa shape index (κ2) is 3.76. The van der Waals surface area contributed by atoms with Crippen LogP contribution in [0.4, 0.5) is 0 Å². The van der Waals surface area contributed by atoms with Gasteiger partial charge in [0.1, 0.15) is 0 Å². The van der Waals surface area contributed by atoms with Crippen LogP contribution in [0.25, 0.3) is 0 Å². The van der Waals surface area contributed by atoms with E-state index >= 15 is 0 Å². The molecule has 0 unspecified atom stereocenters. The van der Waals surface area contributed by atoms with Crippen LogP contribution >= 0.6 is 19.2 Å². The fraction of sp³-hybridized carbons (Fsp3) is 1.00. The van der Waals surface area contributed by atoms with Gasteiger partial charge in [-0.2, -0.15) is 0 Å². The molecular formula is C8H16ClO4P. The van der Waals surface area contributed by atoms with Crippen molar-refractivity contribution in [3.05, 3.63) is 0 Å². The summed E-state index contributed by atoms with van der Waals surface area (Å²) in [5.74, 6) is -0.176. The first kappa shape index (κ1) is 12.5. The SMILES string of the molecule is CC1(C)COP(=O)([C@@](C)(O)CCl)OC1. The zero-order valence-electron chi connectivity index (χ0n) is 8.62. The molecule has 0 saturated carbocycles. The van der Waals surface area contributed by atoms with Crippen molar-refractivity contribution in [2.24, 2.45) is 5.41 Å². The first-order valence-electron chi connectivity index (χ1n) is 4.40. The topological polar surface area (TPSA) is 55.8 Å². The minimum atomic E-state index is -3.47. The van der Waals surface area contributed by atoms with Crippen LogP contribution in [0.2, 0.25) is 0 Å². The Labute approximate surface area is 89.1 Å². The summed E-state index contributed by atoms with van der Waals surface area (Å²) >= 11 is 5.51. The molecule has 1 aliphatic heterocycles. The minimum absolute atomic E-state index is 0.170. The Morgan fingerprint density at radius 2 is 1.93 bits per heavy atom.